The van der Waals surface area contributed by atoms with Gasteiger partial charge in [0.05, 0.1) is 12.1 Å². The van der Waals surface area contributed by atoms with Gasteiger partial charge in [-0.1, -0.05) is 6.92 Å². The molecular formula is C14H16F4N2O2. The molecule has 4 nitrogen and oxygen atoms in total. The van der Waals surface area contributed by atoms with E-state index in [0.717, 1.165) is 17.0 Å². The number of nitrogens with zero attached hydrogens (tertiary/aromatic N) is 1. The summed E-state index contributed by atoms with van der Waals surface area (Å²) >= 11 is 0. The molecule has 122 valence electrons. The van der Waals surface area contributed by atoms with Crippen molar-refractivity contribution in [1.29, 1.82) is 0 Å². The van der Waals surface area contributed by atoms with Crippen LogP contribution in [-0.4, -0.2) is 30.3 Å². The molecule has 0 bridgehead atoms. The minimum absolute atomic E-state index is 0.0185. The van der Waals surface area contributed by atoms with Crippen molar-refractivity contribution in [3.05, 3.63) is 35.1 Å². The van der Waals surface area contributed by atoms with E-state index in [9.17, 15) is 27.2 Å². The summed E-state index contributed by atoms with van der Waals surface area (Å²) in [6.45, 7) is 1.17. The van der Waals surface area contributed by atoms with E-state index in [1.165, 1.54) is 7.05 Å². The van der Waals surface area contributed by atoms with Crippen LogP contribution in [0.3, 0.4) is 0 Å². The second-order valence-corrected chi connectivity index (χ2v) is 4.73. The van der Waals surface area contributed by atoms with Gasteiger partial charge in [-0.2, -0.15) is 13.2 Å². The standard InChI is InChI=1S/C14H16F4N2O2/c1-3-12(21)19-7-13(22)20(2)8-9-4-10(14(16,17)18)6-11(15)5-9/h4-6H,3,7-8H2,1-2H3,(H,19,21). The normalized spacial score (nSPS) is 11.2. The molecule has 0 heterocycles. The lowest BCUT2D eigenvalue weighted by atomic mass is 10.1. The Balaban J connectivity index is 2.75. The highest BCUT2D eigenvalue weighted by Gasteiger charge is 2.31. The third kappa shape index (κ3) is 5.34. The lowest BCUT2D eigenvalue weighted by Gasteiger charge is -2.18. The highest BCUT2D eigenvalue weighted by Crippen LogP contribution is 2.30. The van der Waals surface area contributed by atoms with Crippen LogP contribution in [0.15, 0.2) is 18.2 Å². The molecule has 0 spiro atoms. The molecule has 0 radical (unpaired) electrons. The fourth-order valence-electron chi connectivity index (χ4n) is 1.70. The van der Waals surface area contributed by atoms with Crippen molar-refractivity contribution >= 4 is 11.8 Å². The lowest BCUT2D eigenvalue weighted by molar-refractivity contribution is -0.137. The third-order valence-electron chi connectivity index (χ3n) is 2.89. The Morgan fingerprint density at radius 2 is 1.86 bits per heavy atom. The average molecular weight is 320 g/mol. The molecule has 2 amide bonds. The Labute approximate surface area is 125 Å². The molecule has 1 aromatic carbocycles. The van der Waals surface area contributed by atoms with Crippen LogP contribution in [0.2, 0.25) is 0 Å². The quantitative estimate of drug-likeness (QED) is 0.847. The van der Waals surface area contributed by atoms with Crippen molar-refractivity contribution < 1.29 is 27.2 Å². The molecule has 0 aliphatic heterocycles. The maximum absolute atomic E-state index is 13.2. The van der Waals surface area contributed by atoms with Crippen LogP contribution in [-0.2, 0) is 22.3 Å². The first-order valence-corrected chi connectivity index (χ1v) is 6.50. The van der Waals surface area contributed by atoms with Crippen LogP contribution in [0.1, 0.15) is 24.5 Å². The summed E-state index contributed by atoms with van der Waals surface area (Å²) in [6.07, 6.45) is -4.44. The molecule has 1 rings (SSSR count). The summed E-state index contributed by atoms with van der Waals surface area (Å²) in [5.41, 5.74) is -1.09. The summed E-state index contributed by atoms with van der Waals surface area (Å²) in [7, 11) is 1.36. The summed E-state index contributed by atoms with van der Waals surface area (Å²) in [4.78, 5) is 23.9. The van der Waals surface area contributed by atoms with E-state index in [4.69, 9.17) is 0 Å². The van der Waals surface area contributed by atoms with Crippen LogP contribution < -0.4 is 5.32 Å². The zero-order chi connectivity index (χ0) is 16.9. The van der Waals surface area contributed by atoms with Crippen molar-refractivity contribution in [2.75, 3.05) is 13.6 Å². The molecule has 0 atom stereocenters. The molecule has 0 unspecified atom stereocenters. The van der Waals surface area contributed by atoms with Gasteiger partial charge in [-0.05, 0) is 23.8 Å². The van der Waals surface area contributed by atoms with Gasteiger partial charge >= 0.3 is 6.18 Å². The predicted octanol–water partition coefficient (Wildman–Crippen LogP) is 2.33. The first-order chi connectivity index (χ1) is 10.1. The van der Waals surface area contributed by atoms with Gasteiger partial charge in [0.1, 0.15) is 5.82 Å². The molecule has 0 aliphatic rings. The average Bonchev–Trinajstić information content (AvgIpc) is 2.42. The number of hydrogen-bond donors (Lipinski definition) is 1. The van der Waals surface area contributed by atoms with Gasteiger partial charge in [-0.25, -0.2) is 4.39 Å². The molecule has 1 N–H and O–H groups in total. The minimum Gasteiger partial charge on any atom is -0.347 e. The van der Waals surface area contributed by atoms with Crippen molar-refractivity contribution in [3.63, 3.8) is 0 Å². The van der Waals surface area contributed by atoms with Gasteiger partial charge < -0.3 is 10.2 Å². The Bertz CT molecular complexity index is 558. The second kappa shape index (κ2) is 7.24. The van der Waals surface area contributed by atoms with Gasteiger partial charge in [0.25, 0.3) is 0 Å². The number of benzene rings is 1. The zero-order valence-electron chi connectivity index (χ0n) is 12.1. The lowest BCUT2D eigenvalue weighted by Crippen LogP contribution is -2.37. The molecule has 8 heteroatoms. The Hall–Kier alpha value is -2.12. The smallest absolute Gasteiger partial charge is 0.347 e. The fourth-order valence-corrected chi connectivity index (χ4v) is 1.70. The molecular weight excluding hydrogens is 304 g/mol. The molecule has 1 aromatic rings. The van der Waals surface area contributed by atoms with Gasteiger partial charge in [-0.3, -0.25) is 9.59 Å². The van der Waals surface area contributed by atoms with Crippen LogP contribution in [0, 0.1) is 5.82 Å². The molecule has 0 aromatic heterocycles. The van der Waals surface area contributed by atoms with Gasteiger partial charge in [0, 0.05) is 20.0 Å². The summed E-state index contributed by atoms with van der Waals surface area (Å²) < 4.78 is 51.0. The monoisotopic (exact) mass is 320 g/mol. The van der Waals surface area contributed by atoms with Gasteiger partial charge in [-0.15, -0.1) is 0 Å². The van der Waals surface area contributed by atoms with Crippen LogP contribution in [0.5, 0.6) is 0 Å². The number of nitrogens with one attached hydrogen (secondary N) is 1. The van der Waals surface area contributed by atoms with Crippen LogP contribution >= 0.6 is 0 Å². The second-order valence-electron chi connectivity index (χ2n) is 4.73. The summed E-state index contributed by atoms with van der Waals surface area (Å²) in [5, 5.41) is 2.36. The number of carbonyl (C=O) groups is 2. The minimum atomic E-state index is -4.66. The maximum Gasteiger partial charge on any atom is 0.416 e. The number of alkyl halides is 3. The Morgan fingerprint density at radius 3 is 2.41 bits per heavy atom. The number of rotatable bonds is 5. The number of carbonyl (C=O) groups excluding carboxylic acids is 2. The van der Waals surface area contributed by atoms with E-state index in [-0.39, 0.29) is 31.0 Å². The number of amides is 2. The van der Waals surface area contributed by atoms with Crippen molar-refractivity contribution in [2.24, 2.45) is 0 Å². The van der Waals surface area contributed by atoms with Crippen molar-refractivity contribution in [2.45, 2.75) is 26.1 Å². The molecule has 0 aliphatic carbocycles. The molecule has 0 fully saturated rings. The van der Waals surface area contributed by atoms with Crippen molar-refractivity contribution in [1.82, 2.24) is 10.2 Å². The largest absolute Gasteiger partial charge is 0.416 e. The number of hydrogen-bond acceptors (Lipinski definition) is 2. The first-order valence-electron chi connectivity index (χ1n) is 6.50. The maximum atomic E-state index is 13.2. The molecule has 0 saturated heterocycles. The molecule has 22 heavy (non-hydrogen) atoms. The van der Waals surface area contributed by atoms with E-state index in [1.54, 1.807) is 6.92 Å². The highest BCUT2D eigenvalue weighted by atomic mass is 19.4. The third-order valence-corrected chi connectivity index (χ3v) is 2.89. The highest BCUT2D eigenvalue weighted by molar-refractivity contribution is 5.84. The SMILES string of the molecule is CCC(=O)NCC(=O)N(C)Cc1cc(F)cc(C(F)(F)F)c1. The van der Waals surface area contributed by atoms with Crippen LogP contribution in [0.4, 0.5) is 17.6 Å². The van der Waals surface area contributed by atoms with E-state index < -0.39 is 23.5 Å². The van der Waals surface area contributed by atoms with E-state index in [2.05, 4.69) is 5.32 Å². The van der Waals surface area contributed by atoms with Crippen molar-refractivity contribution in [3.8, 4) is 0 Å². The Morgan fingerprint density at radius 1 is 1.23 bits per heavy atom. The summed E-state index contributed by atoms with van der Waals surface area (Å²) in [5.74, 6) is -1.82. The van der Waals surface area contributed by atoms with E-state index >= 15 is 0 Å². The van der Waals surface area contributed by atoms with E-state index in [1.807, 2.05) is 0 Å². The first kappa shape index (κ1) is 17.9. The fraction of sp³-hybridized carbons (Fsp3) is 0.429. The zero-order valence-corrected chi connectivity index (χ0v) is 12.1. The van der Waals surface area contributed by atoms with Gasteiger partial charge in [0.2, 0.25) is 11.8 Å². The summed E-state index contributed by atoms with van der Waals surface area (Å²) in [6, 6.07) is 2.12. The number of halogens is 4. The van der Waals surface area contributed by atoms with Crippen LogP contribution in [0.25, 0.3) is 0 Å². The Kier molecular flexibility index (Phi) is 5.90. The number of likely N-dealkylation sites (N-methyl/N-ethyl adjacent to an activating group) is 1. The predicted molar refractivity (Wildman–Crippen MR) is 71.2 cm³/mol. The van der Waals surface area contributed by atoms with Gasteiger partial charge in [0.15, 0.2) is 0 Å². The van der Waals surface area contributed by atoms with E-state index in [0.29, 0.717) is 6.07 Å². The topological polar surface area (TPSA) is 49.4 Å². The molecule has 0 saturated carbocycles.